The maximum atomic E-state index is 12.4. The van der Waals surface area contributed by atoms with Gasteiger partial charge in [0.15, 0.2) is 15.0 Å². The molecule has 0 N–H and O–H groups in total. The third-order valence-electron chi connectivity index (χ3n) is 4.65. The number of alkyl halides is 3. The van der Waals surface area contributed by atoms with Crippen LogP contribution in [0.3, 0.4) is 0 Å². The first kappa shape index (κ1) is 21.0. The van der Waals surface area contributed by atoms with Gasteiger partial charge in [0.25, 0.3) is 5.91 Å². The molecule has 154 valence electrons. The largest absolute Gasteiger partial charge is 0.573 e. The van der Waals surface area contributed by atoms with Crippen molar-refractivity contribution >= 4 is 38.4 Å². The van der Waals surface area contributed by atoms with Gasteiger partial charge < -0.3 is 9.64 Å². The fourth-order valence-electron chi connectivity index (χ4n) is 3.05. The molecule has 2 aliphatic rings. The Morgan fingerprint density at radius 1 is 1.32 bits per heavy atom. The van der Waals surface area contributed by atoms with Crippen molar-refractivity contribution in [2.75, 3.05) is 16.4 Å². The molecule has 1 aromatic carbocycles. The molecule has 0 aliphatic carbocycles. The van der Waals surface area contributed by atoms with Crippen molar-refractivity contribution in [2.24, 2.45) is 10.9 Å². The molecule has 2 saturated heterocycles. The number of benzene rings is 1. The summed E-state index contributed by atoms with van der Waals surface area (Å²) in [6.45, 7) is 3.62. The molecule has 11 heteroatoms. The summed E-state index contributed by atoms with van der Waals surface area (Å²) in [5, 5.41) is 0.0966. The summed E-state index contributed by atoms with van der Waals surface area (Å²) in [7, 11) is -3.23. The molecule has 2 fully saturated rings. The number of nitrogens with zero attached hydrogens (tertiary/aromatic N) is 2. The molecule has 2 heterocycles. The Hall–Kier alpha value is -1.75. The van der Waals surface area contributed by atoms with E-state index in [-0.39, 0.29) is 34.3 Å². The standard InChI is InChI=1S/C17H19F3N2O4S2/c1-3-10(2)15(23)21-16-22(13-8-28(24,25)9-14(13)27-16)11-4-6-12(7-5-11)26-17(18,19)20/h4-7,10,13-14H,3,8-9H2,1-2H3/t10-,13-,14+/m1/s1. The van der Waals surface area contributed by atoms with E-state index in [0.717, 1.165) is 12.1 Å². The number of halogens is 3. The molecular formula is C17H19F3N2O4S2. The highest BCUT2D eigenvalue weighted by Gasteiger charge is 2.49. The smallest absolute Gasteiger partial charge is 0.406 e. The number of aliphatic imine (C=N–C) groups is 1. The van der Waals surface area contributed by atoms with Gasteiger partial charge in [0.2, 0.25) is 0 Å². The summed E-state index contributed by atoms with van der Waals surface area (Å²) in [6, 6.07) is 4.68. The maximum Gasteiger partial charge on any atom is 0.573 e. The molecule has 0 saturated carbocycles. The van der Waals surface area contributed by atoms with E-state index in [0.29, 0.717) is 17.3 Å². The summed E-state index contributed by atoms with van der Waals surface area (Å²) in [5.41, 5.74) is 0.460. The average molecular weight is 436 g/mol. The SMILES string of the molecule is CC[C@@H](C)C(=O)N=C1S[C@H]2CS(=O)(=O)C[C@H]2N1c1ccc(OC(F)(F)F)cc1. The van der Waals surface area contributed by atoms with Crippen LogP contribution in [0.2, 0.25) is 0 Å². The first-order chi connectivity index (χ1) is 13.0. The summed E-state index contributed by atoms with van der Waals surface area (Å²) in [5.74, 6) is -1.09. The Morgan fingerprint density at radius 2 is 1.96 bits per heavy atom. The van der Waals surface area contributed by atoms with Gasteiger partial charge in [-0.05, 0) is 30.7 Å². The van der Waals surface area contributed by atoms with Crippen LogP contribution in [0.5, 0.6) is 5.75 Å². The fourth-order valence-corrected chi connectivity index (χ4v) is 6.97. The molecule has 2 aliphatic heterocycles. The fraction of sp³-hybridized carbons (Fsp3) is 0.529. The summed E-state index contributed by atoms with van der Waals surface area (Å²) < 4.78 is 65.0. The molecule has 1 aromatic rings. The number of carbonyl (C=O) groups excluding carboxylic acids is 1. The van der Waals surface area contributed by atoms with Gasteiger partial charge in [-0.25, -0.2) is 8.42 Å². The third-order valence-corrected chi connectivity index (χ3v) is 7.86. The minimum Gasteiger partial charge on any atom is -0.406 e. The van der Waals surface area contributed by atoms with Crippen molar-refractivity contribution in [1.29, 1.82) is 0 Å². The van der Waals surface area contributed by atoms with E-state index in [1.807, 2.05) is 6.92 Å². The zero-order chi connectivity index (χ0) is 20.7. The lowest BCUT2D eigenvalue weighted by atomic mass is 10.1. The van der Waals surface area contributed by atoms with E-state index in [2.05, 4.69) is 9.73 Å². The van der Waals surface area contributed by atoms with Crippen LogP contribution in [0.15, 0.2) is 29.3 Å². The van der Waals surface area contributed by atoms with E-state index in [1.54, 1.807) is 11.8 Å². The number of ether oxygens (including phenoxy) is 1. The quantitative estimate of drug-likeness (QED) is 0.721. The highest BCUT2D eigenvalue weighted by atomic mass is 32.2. The predicted molar refractivity (Wildman–Crippen MR) is 101 cm³/mol. The lowest BCUT2D eigenvalue weighted by Crippen LogP contribution is -2.37. The zero-order valence-corrected chi connectivity index (χ0v) is 16.8. The second-order valence-corrected chi connectivity index (χ2v) is 10.1. The Morgan fingerprint density at radius 3 is 2.54 bits per heavy atom. The molecule has 0 bridgehead atoms. The number of hydrogen-bond donors (Lipinski definition) is 0. The Labute approximate surface area is 165 Å². The van der Waals surface area contributed by atoms with E-state index in [9.17, 15) is 26.4 Å². The Bertz CT molecular complexity index is 885. The van der Waals surface area contributed by atoms with Gasteiger partial charge in [0.05, 0.1) is 17.5 Å². The predicted octanol–water partition coefficient (Wildman–Crippen LogP) is 3.23. The maximum absolute atomic E-state index is 12.4. The number of rotatable bonds is 4. The monoisotopic (exact) mass is 436 g/mol. The zero-order valence-electron chi connectivity index (χ0n) is 15.1. The van der Waals surface area contributed by atoms with Gasteiger partial charge >= 0.3 is 6.36 Å². The van der Waals surface area contributed by atoms with Crippen molar-refractivity contribution in [3.8, 4) is 5.75 Å². The highest BCUT2D eigenvalue weighted by Crippen LogP contribution is 2.41. The summed E-state index contributed by atoms with van der Waals surface area (Å²) in [6.07, 6.45) is -4.18. The van der Waals surface area contributed by atoms with Gasteiger partial charge in [-0.1, -0.05) is 25.6 Å². The van der Waals surface area contributed by atoms with Gasteiger partial charge in [-0.3, -0.25) is 4.79 Å². The Kier molecular flexibility index (Phi) is 5.68. The Balaban J connectivity index is 1.93. The van der Waals surface area contributed by atoms with Crippen LogP contribution < -0.4 is 9.64 Å². The van der Waals surface area contributed by atoms with Crippen LogP contribution in [-0.4, -0.2) is 48.7 Å². The minimum atomic E-state index is -4.80. The first-order valence-electron chi connectivity index (χ1n) is 8.64. The minimum absolute atomic E-state index is 0.0232. The van der Waals surface area contributed by atoms with Crippen LogP contribution in [0, 0.1) is 5.92 Å². The molecule has 3 atom stereocenters. The van der Waals surface area contributed by atoms with Crippen molar-refractivity contribution < 1.29 is 31.1 Å². The molecule has 28 heavy (non-hydrogen) atoms. The number of thioether (sulfide) groups is 1. The third kappa shape index (κ3) is 4.62. The number of carbonyl (C=O) groups is 1. The van der Waals surface area contributed by atoms with Crippen LogP contribution in [0.1, 0.15) is 20.3 Å². The molecule has 1 amide bonds. The second-order valence-electron chi connectivity index (χ2n) is 6.75. The molecule has 0 radical (unpaired) electrons. The van der Waals surface area contributed by atoms with E-state index >= 15 is 0 Å². The summed E-state index contributed by atoms with van der Waals surface area (Å²) in [4.78, 5) is 18.1. The molecular weight excluding hydrogens is 417 g/mol. The molecule has 0 aromatic heterocycles. The summed E-state index contributed by atoms with van der Waals surface area (Å²) >= 11 is 1.22. The average Bonchev–Trinajstić information content (AvgIpc) is 3.04. The van der Waals surface area contributed by atoms with Crippen molar-refractivity contribution in [1.82, 2.24) is 0 Å². The highest BCUT2D eigenvalue weighted by molar-refractivity contribution is 8.16. The van der Waals surface area contributed by atoms with Crippen LogP contribution >= 0.6 is 11.8 Å². The lowest BCUT2D eigenvalue weighted by Gasteiger charge is -2.25. The normalized spacial score (nSPS) is 26.3. The molecule has 0 spiro atoms. The number of fused-ring (bicyclic) bond motifs is 1. The van der Waals surface area contributed by atoms with Gasteiger partial charge in [0, 0.05) is 16.9 Å². The topological polar surface area (TPSA) is 76.0 Å². The molecule has 0 unspecified atom stereocenters. The number of anilines is 1. The van der Waals surface area contributed by atoms with E-state index in [1.165, 1.54) is 23.9 Å². The van der Waals surface area contributed by atoms with Gasteiger partial charge in [-0.15, -0.1) is 13.2 Å². The van der Waals surface area contributed by atoms with Crippen molar-refractivity contribution in [3.05, 3.63) is 24.3 Å². The molecule has 3 rings (SSSR count). The van der Waals surface area contributed by atoms with E-state index < -0.39 is 22.2 Å². The van der Waals surface area contributed by atoms with Crippen molar-refractivity contribution in [2.45, 2.75) is 37.9 Å². The number of sulfone groups is 1. The van der Waals surface area contributed by atoms with Gasteiger partial charge in [-0.2, -0.15) is 4.99 Å². The number of amides is 1. The van der Waals surface area contributed by atoms with Crippen molar-refractivity contribution in [3.63, 3.8) is 0 Å². The van der Waals surface area contributed by atoms with Crippen LogP contribution in [-0.2, 0) is 14.6 Å². The van der Waals surface area contributed by atoms with E-state index in [4.69, 9.17) is 0 Å². The number of hydrogen-bond acceptors (Lipinski definition) is 5. The first-order valence-corrected chi connectivity index (χ1v) is 11.3. The number of amidine groups is 1. The van der Waals surface area contributed by atoms with Gasteiger partial charge in [0.1, 0.15) is 5.75 Å². The lowest BCUT2D eigenvalue weighted by molar-refractivity contribution is -0.274. The van der Waals surface area contributed by atoms with Crippen LogP contribution in [0.25, 0.3) is 0 Å². The molecule has 6 nitrogen and oxygen atoms in total. The second kappa shape index (κ2) is 7.58. The van der Waals surface area contributed by atoms with Crippen LogP contribution in [0.4, 0.5) is 18.9 Å².